The van der Waals surface area contributed by atoms with E-state index in [-0.39, 0.29) is 34.5 Å². The van der Waals surface area contributed by atoms with Gasteiger partial charge in [-0.2, -0.15) is 0 Å². The van der Waals surface area contributed by atoms with Crippen molar-refractivity contribution >= 4 is 51.2 Å². The van der Waals surface area contributed by atoms with Crippen molar-refractivity contribution in [3.63, 3.8) is 0 Å². The third-order valence-electron chi connectivity index (χ3n) is 8.69. The molecule has 41 heavy (non-hydrogen) atoms. The van der Waals surface area contributed by atoms with Crippen molar-refractivity contribution in [1.82, 2.24) is 4.90 Å². The molecular weight excluding hydrogens is 604 g/mol. The van der Waals surface area contributed by atoms with E-state index in [1.807, 2.05) is 38.1 Å². The van der Waals surface area contributed by atoms with Crippen LogP contribution in [0.2, 0.25) is 0 Å². The van der Waals surface area contributed by atoms with Gasteiger partial charge in [-0.15, -0.1) is 24.9 Å². The van der Waals surface area contributed by atoms with Crippen LogP contribution >= 0.6 is 27.7 Å². The number of esters is 1. The van der Waals surface area contributed by atoms with Gasteiger partial charge >= 0.3 is 5.97 Å². The normalized spacial score (nSPS) is 28.0. The summed E-state index contributed by atoms with van der Waals surface area (Å²) in [7, 11) is 0. The number of unbranched alkanes of at least 4 members (excludes halogenated alkanes) is 4. The molecule has 3 unspecified atom stereocenters. The van der Waals surface area contributed by atoms with Gasteiger partial charge in [0.15, 0.2) is 0 Å². The maximum Gasteiger partial charge on any atom is 0.310 e. The Labute approximate surface area is 256 Å². The number of carbonyl (C=O) groups is 3. The number of likely N-dealkylation sites (tertiary alicyclic amines) is 1. The maximum absolute atomic E-state index is 14.8. The zero-order valence-electron chi connectivity index (χ0n) is 24.2. The first-order valence-electron chi connectivity index (χ1n) is 14.7. The van der Waals surface area contributed by atoms with Crippen LogP contribution in [-0.4, -0.2) is 75.0 Å². The number of carbonyl (C=O) groups excluding carboxylic acids is 3. The van der Waals surface area contributed by atoms with Crippen molar-refractivity contribution in [3.05, 3.63) is 54.6 Å². The third kappa shape index (κ3) is 6.04. The summed E-state index contributed by atoms with van der Waals surface area (Å²) >= 11 is 5.46. The molecule has 2 amide bonds. The van der Waals surface area contributed by atoms with Crippen molar-refractivity contribution in [2.24, 2.45) is 11.8 Å². The molecule has 0 radical (unpaired) electrons. The van der Waals surface area contributed by atoms with Crippen molar-refractivity contribution in [3.8, 4) is 0 Å². The van der Waals surface area contributed by atoms with E-state index in [0.29, 0.717) is 39.0 Å². The Hall–Kier alpha value is -2.10. The SMILES string of the molecule is C=CCCCCOC(=O)[C@H]1[C@H]2C(=O)N(CCCCCO)C(C(=O)N(CC=C)c3c(C)cccc3C)C23CC(Br)[C@@H]1S3. The van der Waals surface area contributed by atoms with E-state index in [9.17, 15) is 19.5 Å². The topological polar surface area (TPSA) is 87.1 Å². The van der Waals surface area contributed by atoms with Gasteiger partial charge in [0.25, 0.3) is 5.91 Å². The molecule has 4 rings (SSSR count). The molecule has 9 heteroatoms. The van der Waals surface area contributed by atoms with Crippen LogP contribution in [0, 0.1) is 25.7 Å². The highest BCUT2D eigenvalue weighted by molar-refractivity contribution is 9.09. The summed E-state index contributed by atoms with van der Waals surface area (Å²) in [5, 5.41) is 9.17. The molecule has 3 fully saturated rings. The van der Waals surface area contributed by atoms with E-state index >= 15 is 0 Å². The van der Waals surface area contributed by atoms with Crippen molar-refractivity contribution < 1.29 is 24.2 Å². The van der Waals surface area contributed by atoms with E-state index < -0.39 is 22.6 Å². The number of hydrogen-bond acceptors (Lipinski definition) is 6. The fraction of sp³-hybridized carbons (Fsp3) is 0.594. The fourth-order valence-corrected chi connectivity index (χ4v) is 10.5. The number of hydrogen-bond donors (Lipinski definition) is 1. The number of anilines is 1. The molecule has 1 N–H and O–H groups in total. The van der Waals surface area contributed by atoms with Gasteiger partial charge in [0.05, 0.1) is 23.2 Å². The summed E-state index contributed by atoms with van der Waals surface area (Å²) in [6, 6.07) is 5.24. The number of allylic oxidation sites excluding steroid dienone is 1. The smallest absolute Gasteiger partial charge is 0.310 e. The first kappa shape index (κ1) is 31.8. The molecule has 0 aromatic heterocycles. The molecule has 3 heterocycles. The quantitative estimate of drug-likeness (QED) is 0.120. The van der Waals surface area contributed by atoms with Gasteiger partial charge in [-0.25, -0.2) is 0 Å². The van der Waals surface area contributed by atoms with Crippen LogP contribution in [0.25, 0.3) is 0 Å². The van der Waals surface area contributed by atoms with E-state index in [1.165, 1.54) is 0 Å². The number of nitrogens with zero attached hydrogens (tertiary/aromatic N) is 2. The van der Waals surface area contributed by atoms with Crippen LogP contribution in [0.4, 0.5) is 5.69 Å². The number of amides is 2. The van der Waals surface area contributed by atoms with Gasteiger partial charge < -0.3 is 19.6 Å². The van der Waals surface area contributed by atoms with Gasteiger partial charge in [-0.05, 0) is 69.9 Å². The summed E-state index contributed by atoms with van der Waals surface area (Å²) in [6.45, 7) is 12.8. The fourth-order valence-electron chi connectivity index (χ4n) is 6.95. The number of aliphatic hydroxyl groups excluding tert-OH is 1. The Bertz CT molecular complexity index is 1140. The van der Waals surface area contributed by atoms with Crippen molar-refractivity contribution in [2.45, 2.75) is 79.7 Å². The Morgan fingerprint density at radius 3 is 2.56 bits per heavy atom. The van der Waals surface area contributed by atoms with Crippen LogP contribution in [0.5, 0.6) is 0 Å². The third-order valence-corrected chi connectivity index (χ3v) is 11.9. The first-order valence-corrected chi connectivity index (χ1v) is 16.5. The van der Waals surface area contributed by atoms with Gasteiger partial charge in [0.2, 0.25) is 5.91 Å². The zero-order chi connectivity index (χ0) is 29.7. The molecule has 1 spiro atoms. The number of alkyl halides is 1. The number of ether oxygens (including phenoxy) is 1. The molecular formula is C32H43BrN2O5S. The average molecular weight is 648 g/mol. The predicted molar refractivity (Wildman–Crippen MR) is 168 cm³/mol. The molecule has 1 aromatic rings. The minimum Gasteiger partial charge on any atom is -0.465 e. The van der Waals surface area contributed by atoms with E-state index in [4.69, 9.17) is 4.74 Å². The van der Waals surface area contributed by atoms with Crippen molar-refractivity contribution in [1.29, 1.82) is 0 Å². The second kappa shape index (κ2) is 13.9. The van der Waals surface area contributed by atoms with Gasteiger partial charge in [0, 0.05) is 35.5 Å². The average Bonchev–Trinajstić information content (AvgIpc) is 3.53. The zero-order valence-corrected chi connectivity index (χ0v) is 26.6. The Kier molecular flexibility index (Phi) is 10.8. The number of aryl methyl sites for hydroxylation is 2. The molecule has 0 aliphatic carbocycles. The molecule has 3 saturated heterocycles. The molecule has 3 aliphatic rings. The Balaban J connectivity index is 1.70. The highest BCUT2D eigenvalue weighted by Gasteiger charge is 2.76. The van der Waals surface area contributed by atoms with Crippen LogP contribution in [-0.2, 0) is 19.1 Å². The highest BCUT2D eigenvalue weighted by atomic mass is 79.9. The molecule has 0 saturated carbocycles. The lowest BCUT2D eigenvalue weighted by Crippen LogP contribution is -2.56. The number of thioether (sulfide) groups is 1. The number of rotatable bonds is 15. The number of fused-ring (bicyclic) bond motifs is 1. The highest BCUT2D eigenvalue weighted by Crippen LogP contribution is 2.68. The Morgan fingerprint density at radius 1 is 1.17 bits per heavy atom. The van der Waals surface area contributed by atoms with Crippen LogP contribution in [0.15, 0.2) is 43.5 Å². The molecule has 2 bridgehead atoms. The number of benzene rings is 1. The summed E-state index contributed by atoms with van der Waals surface area (Å²) in [6.07, 6.45) is 8.76. The van der Waals surface area contributed by atoms with E-state index in [0.717, 1.165) is 42.5 Å². The second-order valence-corrected chi connectivity index (χ2v) is 14.1. The predicted octanol–water partition coefficient (Wildman–Crippen LogP) is 5.35. The minimum atomic E-state index is -0.730. The van der Waals surface area contributed by atoms with Gasteiger partial charge in [-0.3, -0.25) is 14.4 Å². The summed E-state index contributed by atoms with van der Waals surface area (Å²) in [5.41, 5.74) is 2.80. The second-order valence-electron chi connectivity index (χ2n) is 11.4. The molecule has 7 nitrogen and oxygen atoms in total. The van der Waals surface area contributed by atoms with E-state index in [2.05, 4.69) is 29.1 Å². The first-order chi connectivity index (χ1) is 19.7. The van der Waals surface area contributed by atoms with Crippen LogP contribution < -0.4 is 4.90 Å². The van der Waals surface area contributed by atoms with Crippen LogP contribution in [0.1, 0.15) is 56.1 Å². The monoisotopic (exact) mass is 646 g/mol. The minimum absolute atomic E-state index is 0.00689. The lowest BCUT2D eigenvalue weighted by Gasteiger charge is -2.38. The summed E-state index contributed by atoms with van der Waals surface area (Å²) < 4.78 is 5.01. The Morgan fingerprint density at radius 2 is 1.90 bits per heavy atom. The molecule has 3 aliphatic heterocycles. The molecule has 224 valence electrons. The lowest BCUT2D eigenvalue weighted by molar-refractivity contribution is -0.154. The van der Waals surface area contributed by atoms with Gasteiger partial charge in [0.1, 0.15) is 6.04 Å². The van der Waals surface area contributed by atoms with E-state index in [1.54, 1.807) is 27.6 Å². The van der Waals surface area contributed by atoms with Gasteiger partial charge in [-0.1, -0.05) is 46.3 Å². The largest absolute Gasteiger partial charge is 0.465 e. The van der Waals surface area contributed by atoms with Crippen LogP contribution in [0.3, 0.4) is 0 Å². The lowest BCUT2D eigenvalue weighted by atomic mass is 9.71. The maximum atomic E-state index is 14.8. The summed E-state index contributed by atoms with van der Waals surface area (Å²) in [4.78, 5) is 46.1. The number of aliphatic hydroxyl groups is 1. The number of halogens is 1. The van der Waals surface area contributed by atoms with Crippen molar-refractivity contribution in [2.75, 3.05) is 31.2 Å². The number of para-hydroxylation sites is 1. The molecule has 6 atom stereocenters. The standard InChI is InChI=1S/C32H43BrN2O5S/c1-5-7-8-12-19-40-31(39)24-25-29(37)35(17-10-9-11-18-36)28(32(25)20-23(33)27(24)41-32)30(38)34(16-6-2)26-21(3)14-13-15-22(26)4/h5-6,13-15,23-25,27-28,36H,1-2,7-12,16-20H2,3-4H3/t23?,24-,25-,27-,28?,32?/m0/s1. The molecule has 1 aromatic carbocycles. The summed E-state index contributed by atoms with van der Waals surface area (Å²) in [5.74, 6) is -1.81.